The molecule has 0 spiro atoms. The zero-order chi connectivity index (χ0) is 16.8. The van der Waals surface area contributed by atoms with Gasteiger partial charge in [-0.1, -0.05) is 18.2 Å². The van der Waals surface area contributed by atoms with Gasteiger partial charge in [0.25, 0.3) is 0 Å². The highest BCUT2D eigenvalue weighted by atomic mass is 16.3. The summed E-state index contributed by atoms with van der Waals surface area (Å²) in [6.07, 6.45) is 2.13. The van der Waals surface area contributed by atoms with Crippen LogP contribution in [-0.2, 0) is 13.1 Å². The molecule has 1 saturated heterocycles. The number of nitrogens with one attached hydrogen (secondary N) is 1. The lowest BCUT2D eigenvalue weighted by atomic mass is 9.97. The zero-order valence-corrected chi connectivity index (χ0v) is 13.7. The molecule has 1 aromatic heterocycles. The third kappa shape index (κ3) is 4.16. The largest absolute Gasteiger partial charge is 0.449 e. The van der Waals surface area contributed by atoms with Gasteiger partial charge in [0.2, 0.25) is 5.76 Å². The first-order valence-corrected chi connectivity index (χ1v) is 8.42. The van der Waals surface area contributed by atoms with Gasteiger partial charge in [-0.15, -0.1) is 0 Å². The predicted octanol–water partition coefficient (Wildman–Crippen LogP) is 2.97. The fraction of sp³-hybridized carbons (Fsp3) is 0.421. The molecule has 1 aromatic carbocycles. The van der Waals surface area contributed by atoms with Gasteiger partial charge in [-0.05, 0) is 55.6 Å². The Labute approximate surface area is 142 Å². The Hall–Kier alpha value is -2.29. The van der Waals surface area contributed by atoms with Gasteiger partial charge in [0.1, 0.15) is 11.8 Å². The van der Waals surface area contributed by atoms with E-state index in [4.69, 9.17) is 9.68 Å². The van der Waals surface area contributed by atoms with Gasteiger partial charge in [0.15, 0.2) is 0 Å². The number of nitriles is 1. The number of nitrogens with zero attached hydrogens (tertiary/aromatic N) is 2. The molecule has 0 atom stereocenters. The third-order valence-corrected chi connectivity index (χ3v) is 4.60. The first-order valence-electron chi connectivity index (χ1n) is 8.42. The van der Waals surface area contributed by atoms with Crippen molar-refractivity contribution in [2.24, 2.45) is 5.92 Å². The number of aliphatic hydroxyl groups is 1. The second kappa shape index (κ2) is 8.00. The fourth-order valence-corrected chi connectivity index (χ4v) is 3.11. The first kappa shape index (κ1) is 16.6. The SMILES string of the molecule is N#Cc1ccc(CNc2ccccc2CN2CCC(CO)CC2)o1. The summed E-state index contributed by atoms with van der Waals surface area (Å²) in [6.45, 7) is 3.83. The van der Waals surface area contributed by atoms with Crippen LogP contribution in [0, 0.1) is 17.2 Å². The summed E-state index contributed by atoms with van der Waals surface area (Å²) in [5, 5.41) is 21.5. The minimum Gasteiger partial charge on any atom is -0.449 e. The van der Waals surface area contributed by atoms with Crippen LogP contribution >= 0.6 is 0 Å². The van der Waals surface area contributed by atoms with Crippen molar-refractivity contribution in [3.8, 4) is 6.07 Å². The van der Waals surface area contributed by atoms with E-state index in [0.29, 0.717) is 24.8 Å². The summed E-state index contributed by atoms with van der Waals surface area (Å²) < 4.78 is 5.41. The fourth-order valence-electron chi connectivity index (χ4n) is 3.11. The Bertz CT molecular complexity index is 697. The molecule has 5 nitrogen and oxygen atoms in total. The molecule has 0 unspecified atom stereocenters. The highest BCUT2D eigenvalue weighted by Crippen LogP contribution is 2.22. The van der Waals surface area contributed by atoms with Crippen molar-refractivity contribution < 1.29 is 9.52 Å². The highest BCUT2D eigenvalue weighted by molar-refractivity contribution is 5.51. The molecule has 0 radical (unpaired) electrons. The van der Waals surface area contributed by atoms with E-state index >= 15 is 0 Å². The maximum Gasteiger partial charge on any atom is 0.203 e. The molecular weight excluding hydrogens is 302 g/mol. The van der Waals surface area contributed by atoms with Crippen LogP contribution in [0.4, 0.5) is 5.69 Å². The Kier molecular flexibility index (Phi) is 5.52. The second-order valence-corrected chi connectivity index (χ2v) is 6.29. The van der Waals surface area contributed by atoms with Crippen LogP contribution in [0.15, 0.2) is 40.8 Å². The van der Waals surface area contributed by atoms with Crippen LogP contribution in [0.3, 0.4) is 0 Å². The summed E-state index contributed by atoms with van der Waals surface area (Å²) in [4.78, 5) is 2.44. The molecule has 0 saturated carbocycles. The van der Waals surface area contributed by atoms with E-state index in [1.807, 2.05) is 18.2 Å². The second-order valence-electron chi connectivity index (χ2n) is 6.29. The number of hydrogen-bond acceptors (Lipinski definition) is 5. The molecule has 5 heteroatoms. The van der Waals surface area contributed by atoms with E-state index in [2.05, 4.69) is 28.4 Å². The van der Waals surface area contributed by atoms with Crippen molar-refractivity contribution in [3.05, 3.63) is 53.5 Å². The van der Waals surface area contributed by atoms with Gasteiger partial charge in [-0.2, -0.15) is 5.26 Å². The van der Waals surface area contributed by atoms with E-state index in [0.717, 1.165) is 43.9 Å². The Morgan fingerprint density at radius 3 is 2.71 bits per heavy atom. The van der Waals surface area contributed by atoms with E-state index in [1.54, 1.807) is 6.07 Å². The van der Waals surface area contributed by atoms with E-state index in [-0.39, 0.29) is 0 Å². The molecular formula is C19H23N3O2. The summed E-state index contributed by atoms with van der Waals surface area (Å²) in [7, 11) is 0. The van der Waals surface area contributed by atoms with Gasteiger partial charge < -0.3 is 14.8 Å². The summed E-state index contributed by atoms with van der Waals surface area (Å²) in [5.41, 5.74) is 2.35. The minimum atomic E-state index is 0.305. The minimum absolute atomic E-state index is 0.305. The molecule has 2 N–H and O–H groups in total. The molecule has 24 heavy (non-hydrogen) atoms. The van der Waals surface area contributed by atoms with Crippen molar-refractivity contribution in [1.82, 2.24) is 4.90 Å². The monoisotopic (exact) mass is 325 g/mol. The van der Waals surface area contributed by atoms with Gasteiger partial charge in [0.05, 0.1) is 6.54 Å². The van der Waals surface area contributed by atoms with E-state index in [9.17, 15) is 5.11 Å². The number of furan rings is 1. The lowest BCUT2D eigenvalue weighted by molar-refractivity contribution is 0.127. The topological polar surface area (TPSA) is 72.4 Å². The lowest BCUT2D eigenvalue weighted by Gasteiger charge is -2.31. The molecule has 1 aliphatic rings. The molecule has 0 amide bonds. The molecule has 0 bridgehead atoms. The molecule has 1 fully saturated rings. The van der Waals surface area contributed by atoms with Crippen LogP contribution in [0.25, 0.3) is 0 Å². The van der Waals surface area contributed by atoms with E-state index < -0.39 is 0 Å². The lowest BCUT2D eigenvalue weighted by Crippen LogP contribution is -2.34. The van der Waals surface area contributed by atoms with Crippen molar-refractivity contribution >= 4 is 5.69 Å². The number of anilines is 1. The summed E-state index contributed by atoms with van der Waals surface area (Å²) in [6, 6.07) is 13.8. The Morgan fingerprint density at radius 1 is 1.21 bits per heavy atom. The number of likely N-dealkylation sites (tertiary alicyclic amines) is 1. The third-order valence-electron chi connectivity index (χ3n) is 4.60. The standard InChI is InChI=1S/C19H23N3O2/c20-11-17-5-6-18(24-17)12-21-19-4-2-1-3-16(19)13-22-9-7-15(14-23)8-10-22/h1-6,15,21,23H,7-10,12-14H2. The average molecular weight is 325 g/mol. The summed E-state index contributed by atoms with van der Waals surface area (Å²) >= 11 is 0. The quantitative estimate of drug-likeness (QED) is 0.854. The normalized spacial score (nSPS) is 16.0. The zero-order valence-electron chi connectivity index (χ0n) is 13.7. The van der Waals surface area contributed by atoms with E-state index in [1.165, 1.54) is 5.56 Å². The molecule has 1 aliphatic heterocycles. The van der Waals surface area contributed by atoms with Gasteiger partial charge in [0, 0.05) is 18.8 Å². The van der Waals surface area contributed by atoms with Crippen molar-refractivity contribution in [1.29, 1.82) is 5.26 Å². The number of rotatable bonds is 6. The molecule has 126 valence electrons. The van der Waals surface area contributed by atoms with Crippen LogP contribution in [0.1, 0.15) is 29.9 Å². The Morgan fingerprint density at radius 2 is 2.00 bits per heavy atom. The average Bonchev–Trinajstić information content (AvgIpc) is 3.10. The molecule has 0 aliphatic carbocycles. The molecule has 2 aromatic rings. The van der Waals surface area contributed by atoms with Crippen molar-refractivity contribution in [2.45, 2.75) is 25.9 Å². The molecule has 3 rings (SSSR count). The number of aliphatic hydroxyl groups excluding tert-OH is 1. The summed E-state index contributed by atoms with van der Waals surface area (Å²) in [5.74, 6) is 1.56. The maximum absolute atomic E-state index is 9.25. The van der Waals surface area contributed by atoms with Crippen LogP contribution in [0.2, 0.25) is 0 Å². The van der Waals surface area contributed by atoms with Gasteiger partial charge in [-0.25, -0.2) is 0 Å². The van der Waals surface area contributed by atoms with Crippen molar-refractivity contribution in [3.63, 3.8) is 0 Å². The highest BCUT2D eigenvalue weighted by Gasteiger charge is 2.19. The van der Waals surface area contributed by atoms with Crippen LogP contribution in [-0.4, -0.2) is 29.7 Å². The van der Waals surface area contributed by atoms with Crippen LogP contribution in [0.5, 0.6) is 0 Å². The number of hydrogen-bond donors (Lipinski definition) is 2. The number of para-hydroxylation sites is 1. The van der Waals surface area contributed by atoms with Gasteiger partial charge in [-0.3, -0.25) is 4.90 Å². The first-order chi connectivity index (χ1) is 11.8. The smallest absolute Gasteiger partial charge is 0.203 e. The Balaban J connectivity index is 1.59. The maximum atomic E-state index is 9.25. The number of benzene rings is 1. The predicted molar refractivity (Wildman–Crippen MR) is 92.3 cm³/mol. The van der Waals surface area contributed by atoms with Crippen LogP contribution < -0.4 is 5.32 Å². The van der Waals surface area contributed by atoms with Gasteiger partial charge >= 0.3 is 0 Å². The number of piperidine rings is 1. The molecule has 2 heterocycles. The van der Waals surface area contributed by atoms with Crippen molar-refractivity contribution in [2.75, 3.05) is 25.0 Å².